The standard InChI is InChI=1S/C26H36N2O5/c1-18-10-13-21(16-22(18)31-24(30)33-26(5,6)7)28(23(29)32-25(2,3)4)17-19-11-14-20(15-12-19)27(8)9/h10-16H,17H2,1-9H3. The molecule has 33 heavy (non-hydrogen) atoms. The SMILES string of the molecule is Cc1ccc(N(Cc2ccc(N(C)C)cc2)C(=O)OC(C)(C)C)cc1OC(=O)OC(C)(C)C. The Morgan fingerprint density at radius 1 is 0.818 bits per heavy atom. The fourth-order valence-corrected chi connectivity index (χ4v) is 2.89. The van der Waals surface area contributed by atoms with Crippen molar-refractivity contribution >= 4 is 23.6 Å². The lowest BCUT2D eigenvalue weighted by atomic mass is 10.1. The zero-order chi connectivity index (χ0) is 25.0. The van der Waals surface area contributed by atoms with Crippen molar-refractivity contribution in [3.63, 3.8) is 0 Å². The number of benzene rings is 2. The molecule has 0 unspecified atom stereocenters. The van der Waals surface area contributed by atoms with Crippen molar-refractivity contribution in [2.45, 2.75) is 66.2 Å². The van der Waals surface area contributed by atoms with E-state index in [2.05, 4.69) is 0 Å². The quantitative estimate of drug-likeness (QED) is 0.388. The summed E-state index contributed by atoms with van der Waals surface area (Å²) in [5, 5.41) is 0. The number of carbonyl (C=O) groups is 2. The number of aryl methyl sites for hydroxylation is 1. The molecular weight excluding hydrogens is 420 g/mol. The Labute approximate surface area is 197 Å². The summed E-state index contributed by atoms with van der Waals surface area (Å²) in [6.45, 7) is 12.9. The minimum absolute atomic E-state index is 0.289. The highest BCUT2D eigenvalue weighted by Crippen LogP contribution is 2.29. The lowest BCUT2D eigenvalue weighted by Crippen LogP contribution is -2.36. The molecule has 180 valence electrons. The maximum Gasteiger partial charge on any atom is 0.514 e. The summed E-state index contributed by atoms with van der Waals surface area (Å²) in [4.78, 5) is 28.8. The molecule has 0 radical (unpaired) electrons. The van der Waals surface area contributed by atoms with Crippen LogP contribution in [0.2, 0.25) is 0 Å². The summed E-state index contributed by atoms with van der Waals surface area (Å²) in [7, 11) is 3.95. The molecular formula is C26H36N2O5. The summed E-state index contributed by atoms with van der Waals surface area (Å²) < 4.78 is 16.4. The van der Waals surface area contributed by atoms with Gasteiger partial charge in [0.1, 0.15) is 17.0 Å². The molecule has 0 aliphatic rings. The minimum Gasteiger partial charge on any atom is -0.443 e. The molecule has 0 spiro atoms. The van der Waals surface area contributed by atoms with E-state index in [1.54, 1.807) is 39.0 Å². The van der Waals surface area contributed by atoms with E-state index in [-0.39, 0.29) is 6.54 Å². The van der Waals surface area contributed by atoms with Gasteiger partial charge in [-0.05, 0) is 77.8 Å². The van der Waals surface area contributed by atoms with E-state index < -0.39 is 23.5 Å². The van der Waals surface area contributed by atoms with E-state index in [1.165, 1.54) is 4.90 Å². The van der Waals surface area contributed by atoms with E-state index in [0.29, 0.717) is 11.4 Å². The number of hydrogen-bond acceptors (Lipinski definition) is 6. The van der Waals surface area contributed by atoms with Crippen molar-refractivity contribution in [1.29, 1.82) is 0 Å². The normalized spacial score (nSPS) is 11.5. The van der Waals surface area contributed by atoms with Crippen LogP contribution in [0.1, 0.15) is 52.7 Å². The highest BCUT2D eigenvalue weighted by Gasteiger charge is 2.25. The third-order valence-electron chi connectivity index (χ3n) is 4.47. The van der Waals surface area contributed by atoms with E-state index in [0.717, 1.165) is 16.8 Å². The Morgan fingerprint density at radius 2 is 1.36 bits per heavy atom. The fourth-order valence-electron chi connectivity index (χ4n) is 2.89. The van der Waals surface area contributed by atoms with Crippen LogP contribution in [-0.4, -0.2) is 37.5 Å². The molecule has 0 fully saturated rings. The molecule has 1 amide bonds. The van der Waals surface area contributed by atoms with Crippen molar-refractivity contribution in [2.24, 2.45) is 0 Å². The summed E-state index contributed by atoms with van der Waals surface area (Å²) in [6, 6.07) is 13.2. The zero-order valence-corrected chi connectivity index (χ0v) is 21.2. The highest BCUT2D eigenvalue weighted by atomic mass is 16.7. The number of anilines is 2. The Morgan fingerprint density at radius 3 is 1.88 bits per heavy atom. The van der Waals surface area contributed by atoms with Crippen molar-refractivity contribution in [2.75, 3.05) is 23.9 Å². The van der Waals surface area contributed by atoms with Gasteiger partial charge in [-0.15, -0.1) is 0 Å². The second-order valence-corrected chi connectivity index (χ2v) is 10.1. The van der Waals surface area contributed by atoms with Gasteiger partial charge in [0.05, 0.1) is 12.2 Å². The number of ether oxygens (including phenoxy) is 3. The average Bonchev–Trinajstić information content (AvgIpc) is 2.65. The number of carbonyl (C=O) groups excluding carboxylic acids is 2. The van der Waals surface area contributed by atoms with E-state index in [9.17, 15) is 9.59 Å². The van der Waals surface area contributed by atoms with Crippen LogP contribution in [0.3, 0.4) is 0 Å². The molecule has 0 aliphatic carbocycles. The van der Waals surface area contributed by atoms with Gasteiger partial charge in [0, 0.05) is 25.8 Å². The predicted molar refractivity (Wildman–Crippen MR) is 131 cm³/mol. The molecule has 0 aromatic heterocycles. The molecule has 0 bridgehead atoms. The number of amides is 1. The van der Waals surface area contributed by atoms with Crippen LogP contribution in [0.4, 0.5) is 21.0 Å². The van der Waals surface area contributed by atoms with Gasteiger partial charge in [0.15, 0.2) is 0 Å². The van der Waals surface area contributed by atoms with E-state index >= 15 is 0 Å². The van der Waals surface area contributed by atoms with E-state index in [4.69, 9.17) is 14.2 Å². The second-order valence-electron chi connectivity index (χ2n) is 10.1. The topological polar surface area (TPSA) is 68.3 Å². The molecule has 0 saturated heterocycles. The summed E-state index contributed by atoms with van der Waals surface area (Å²) in [5.74, 6) is 0.318. The maximum absolute atomic E-state index is 13.1. The second kappa shape index (κ2) is 10.1. The summed E-state index contributed by atoms with van der Waals surface area (Å²) in [5.41, 5.74) is 1.94. The molecule has 2 rings (SSSR count). The van der Waals surface area contributed by atoms with Crippen LogP contribution < -0.4 is 14.5 Å². The number of hydrogen-bond donors (Lipinski definition) is 0. The first kappa shape index (κ1) is 26.0. The van der Waals surface area contributed by atoms with Gasteiger partial charge >= 0.3 is 12.2 Å². The minimum atomic E-state index is -0.800. The van der Waals surface area contributed by atoms with Gasteiger partial charge in [0.25, 0.3) is 0 Å². The smallest absolute Gasteiger partial charge is 0.443 e. The van der Waals surface area contributed by atoms with Crippen molar-refractivity contribution in [1.82, 2.24) is 0 Å². The van der Waals surface area contributed by atoms with Gasteiger partial charge in [-0.25, -0.2) is 9.59 Å². The molecule has 0 N–H and O–H groups in total. The van der Waals surface area contributed by atoms with Crippen LogP contribution in [0.5, 0.6) is 5.75 Å². The molecule has 0 heterocycles. The van der Waals surface area contributed by atoms with Crippen molar-refractivity contribution < 1.29 is 23.8 Å². The first-order chi connectivity index (χ1) is 15.1. The van der Waals surface area contributed by atoms with Gasteiger partial charge < -0.3 is 19.1 Å². The molecule has 7 nitrogen and oxygen atoms in total. The maximum atomic E-state index is 13.1. The fraction of sp³-hybridized carbons (Fsp3) is 0.462. The number of nitrogens with zero attached hydrogens (tertiary/aromatic N) is 2. The zero-order valence-electron chi connectivity index (χ0n) is 21.2. The lowest BCUT2D eigenvalue weighted by molar-refractivity contribution is 0.0205. The molecule has 0 atom stereocenters. The van der Waals surface area contributed by atoms with Crippen molar-refractivity contribution in [3.05, 3.63) is 53.6 Å². The number of rotatable bonds is 5. The largest absolute Gasteiger partial charge is 0.514 e. The first-order valence-corrected chi connectivity index (χ1v) is 10.9. The molecule has 7 heteroatoms. The van der Waals surface area contributed by atoms with Crippen LogP contribution in [0.25, 0.3) is 0 Å². The average molecular weight is 457 g/mol. The molecule has 0 aliphatic heterocycles. The first-order valence-electron chi connectivity index (χ1n) is 10.9. The van der Waals surface area contributed by atoms with Crippen LogP contribution in [0.15, 0.2) is 42.5 Å². The van der Waals surface area contributed by atoms with E-state index in [1.807, 2.05) is 71.0 Å². The third-order valence-corrected chi connectivity index (χ3v) is 4.47. The predicted octanol–water partition coefficient (Wildman–Crippen LogP) is 6.32. The monoisotopic (exact) mass is 456 g/mol. The van der Waals surface area contributed by atoms with Gasteiger partial charge in [0.2, 0.25) is 0 Å². The lowest BCUT2D eigenvalue weighted by Gasteiger charge is -2.28. The molecule has 2 aromatic rings. The summed E-state index contributed by atoms with van der Waals surface area (Å²) in [6.07, 6.45) is -1.29. The van der Waals surface area contributed by atoms with Gasteiger partial charge in [-0.3, -0.25) is 4.90 Å². The van der Waals surface area contributed by atoms with Crippen molar-refractivity contribution in [3.8, 4) is 5.75 Å². The Kier molecular flexibility index (Phi) is 8.01. The van der Waals surface area contributed by atoms with Crippen LogP contribution in [-0.2, 0) is 16.0 Å². The third kappa shape index (κ3) is 8.33. The Bertz CT molecular complexity index is 970. The van der Waals surface area contributed by atoms with Crippen LogP contribution >= 0.6 is 0 Å². The van der Waals surface area contributed by atoms with Gasteiger partial charge in [-0.2, -0.15) is 0 Å². The van der Waals surface area contributed by atoms with Crippen LogP contribution in [0, 0.1) is 6.92 Å². The molecule has 0 saturated carbocycles. The Balaban J connectivity index is 2.37. The van der Waals surface area contributed by atoms with Gasteiger partial charge in [-0.1, -0.05) is 18.2 Å². The summed E-state index contributed by atoms with van der Waals surface area (Å²) >= 11 is 0. The Hall–Kier alpha value is -3.22. The molecule has 2 aromatic carbocycles. The highest BCUT2D eigenvalue weighted by molar-refractivity contribution is 5.88.